The minimum atomic E-state index is -0.950. The van der Waals surface area contributed by atoms with Gasteiger partial charge in [0.05, 0.1) is 42.2 Å². The van der Waals surface area contributed by atoms with Crippen molar-refractivity contribution in [3.8, 4) is 5.75 Å². The second-order valence-electron chi connectivity index (χ2n) is 7.70. The average molecular weight is 444 g/mol. The Labute approximate surface area is 187 Å². The summed E-state index contributed by atoms with van der Waals surface area (Å²) in [5.41, 5.74) is 1.81. The number of nitro groups is 1. The van der Waals surface area contributed by atoms with Crippen molar-refractivity contribution in [2.45, 2.75) is 52.3 Å². The van der Waals surface area contributed by atoms with Crippen LogP contribution in [0.1, 0.15) is 56.0 Å². The summed E-state index contributed by atoms with van der Waals surface area (Å²) >= 11 is 0. The quantitative estimate of drug-likeness (QED) is 0.338. The Kier molecular flexibility index (Phi) is 8.57. The fourth-order valence-corrected chi connectivity index (χ4v) is 3.33. The molecule has 2 aromatic rings. The van der Waals surface area contributed by atoms with Gasteiger partial charge in [-0.3, -0.25) is 14.9 Å². The summed E-state index contributed by atoms with van der Waals surface area (Å²) in [7, 11) is 1.55. The molecule has 172 valence electrons. The van der Waals surface area contributed by atoms with Crippen LogP contribution < -0.4 is 15.4 Å². The van der Waals surface area contributed by atoms with E-state index in [1.54, 1.807) is 33.9 Å². The number of urea groups is 1. The summed E-state index contributed by atoms with van der Waals surface area (Å²) in [5.74, 6) is 0.0519. The van der Waals surface area contributed by atoms with Gasteiger partial charge in [-0.2, -0.15) is 0 Å². The molecule has 0 saturated heterocycles. The number of hydrogen-bond donors (Lipinski definition) is 2. The van der Waals surface area contributed by atoms with Gasteiger partial charge in [0, 0.05) is 11.6 Å². The molecule has 0 heterocycles. The smallest absolute Gasteiger partial charge is 0.315 e. The molecular formula is C23H29N3O6. The summed E-state index contributed by atoms with van der Waals surface area (Å²) in [4.78, 5) is 36.0. The molecule has 0 aromatic heterocycles. The van der Waals surface area contributed by atoms with Crippen LogP contribution >= 0.6 is 0 Å². The number of benzene rings is 2. The number of carbonyl (C=O) groups is 2. The van der Waals surface area contributed by atoms with E-state index in [0.29, 0.717) is 5.75 Å². The van der Waals surface area contributed by atoms with Crippen molar-refractivity contribution >= 4 is 17.7 Å². The molecule has 2 amide bonds. The lowest BCUT2D eigenvalue weighted by atomic mass is 10.0. The maximum absolute atomic E-state index is 12.8. The maximum atomic E-state index is 12.8. The summed E-state index contributed by atoms with van der Waals surface area (Å²) in [6.45, 7) is 7.13. The van der Waals surface area contributed by atoms with E-state index in [2.05, 4.69) is 10.6 Å². The van der Waals surface area contributed by atoms with E-state index in [1.807, 2.05) is 25.1 Å². The monoisotopic (exact) mass is 443 g/mol. The summed E-state index contributed by atoms with van der Waals surface area (Å²) < 4.78 is 10.6. The zero-order valence-corrected chi connectivity index (χ0v) is 18.9. The third-order valence-corrected chi connectivity index (χ3v) is 4.75. The Hall–Kier alpha value is -3.62. The molecule has 0 spiro atoms. The molecule has 0 radical (unpaired) electrons. The highest BCUT2D eigenvalue weighted by atomic mass is 16.6. The number of amides is 2. The molecule has 0 saturated carbocycles. The van der Waals surface area contributed by atoms with Gasteiger partial charge >= 0.3 is 12.0 Å². The highest BCUT2D eigenvalue weighted by molar-refractivity contribution is 5.77. The van der Waals surface area contributed by atoms with E-state index in [-0.39, 0.29) is 23.8 Å². The van der Waals surface area contributed by atoms with Gasteiger partial charge in [0.25, 0.3) is 5.69 Å². The molecule has 2 rings (SSSR count). The number of nitrogens with zero attached hydrogens (tertiary/aromatic N) is 1. The van der Waals surface area contributed by atoms with Crippen LogP contribution in [0.25, 0.3) is 0 Å². The zero-order chi connectivity index (χ0) is 23.8. The number of carbonyl (C=O) groups excluding carboxylic acids is 2. The minimum absolute atomic E-state index is 0.191. The number of ether oxygens (including phenoxy) is 2. The van der Waals surface area contributed by atoms with Crippen molar-refractivity contribution in [3.05, 3.63) is 69.3 Å². The van der Waals surface area contributed by atoms with Crippen LogP contribution in [0.15, 0.2) is 42.5 Å². The number of hydrogen-bond acceptors (Lipinski definition) is 6. The number of esters is 1. The van der Waals surface area contributed by atoms with Gasteiger partial charge in [-0.15, -0.1) is 0 Å². The Balaban J connectivity index is 2.25. The van der Waals surface area contributed by atoms with Crippen LogP contribution in [0.2, 0.25) is 0 Å². The van der Waals surface area contributed by atoms with Crippen LogP contribution in [-0.4, -0.2) is 30.1 Å². The van der Waals surface area contributed by atoms with Gasteiger partial charge in [-0.1, -0.05) is 35.9 Å². The van der Waals surface area contributed by atoms with E-state index in [0.717, 1.165) is 11.1 Å². The molecule has 0 fully saturated rings. The van der Waals surface area contributed by atoms with Crippen molar-refractivity contribution in [3.63, 3.8) is 0 Å². The Bertz CT molecular complexity index is 976. The van der Waals surface area contributed by atoms with Crippen molar-refractivity contribution in [1.29, 1.82) is 0 Å². The third-order valence-electron chi connectivity index (χ3n) is 4.75. The first-order valence-corrected chi connectivity index (χ1v) is 10.3. The first-order valence-electron chi connectivity index (χ1n) is 10.3. The molecule has 2 N–H and O–H groups in total. The predicted octanol–water partition coefficient (Wildman–Crippen LogP) is 4.36. The highest BCUT2D eigenvalue weighted by Gasteiger charge is 2.27. The van der Waals surface area contributed by atoms with Gasteiger partial charge in [0.15, 0.2) is 0 Å². The number of aryl methyl sites for hydroxylation is 1. The molecule has 0 bridgehead atoms. The van der Waals surface area contributed by atoms with Crippen LogP contribution in [0.5, 0.6) is 5.75 Å². The summed E-state index contributed by atoms with van der Waals surface area (Å²) in [6, 6.07) is 9.66. The fourth-order valence-electron chi connectivity index (χ4n) is 3.33. The minimum Gasteiger partial charge on any atom is -0.496 e. The Morgan fingerprint density at radius 3 is 2.38 bits per heavy atom. The molecule has 0 aliphatic heterocycles. The Morgan fingerprint density at radius 2 is 1.75 bits per heavy atom. The van der Waals surface area contributed by atoms with Crippen LogP contribution in [0.3, 0.4) is 0 Å². The molecule has 2 aromatic carbocycles. The van der Waals surface area contributed by atoms with Gasteiger partial charge in [0.2, 0.25) is 0 Å². The van der Waals surface area contributed by atoms with E-state index in [4.69, 9.17) is 9.47 Å². The van der Waals surface area contributed by atoms with Crippen LogP contribution in [0.4, 0.5) is 10.5 Å². The van der Waals surface area contributed by atoms with E-state index < -0.39 is 29.0 Å². The number of methoxy groups -OCH3 is 1. The highest BCUT2D eigenvalue weighted by Crippen LogP contribution is 2.29. The number of para-hydroxylation sites is 1. The summed E-state index contributed by atoms with van der Waals surface area (Å²) in [5, 5.41) is 17.0. The van der Waals surface area contributed by atoms with Crippen molar-refractivity contribution in [2.75, 3.05) is 7.11 Å². The molecule has 9 nitrogen and oxygen atoms in total. The molecule has 0 aliphatic rings. The SMILES string of the molecule is COc1ccc(C)cc1[C@H](C)NC(=O)N[C@H](CC(=O)OC(C)C)c1ccccc1[N+](=O)[O-]. The van der Waals surface area contributed by atoms with Gasteiger partial charge in [0.1, 0.15) is 5.75 Å². The van der Waals surface area contributed by atoms with E-state index in [1.165, 1.54) is 18.2 Å². The van der Waals surface area contributed by atoms with Gasteiger partial charge in [-0.25, -0.2) is 4.79 Å². The molecule has 9 heteroatoms. The van der Waals surface area contributed by atoms with Crippen molar-refractivity contribution < 1.29 is 24.0 Å². The number of nitro benzene ring substituents is 1. The predicted molar refractivity (Wildman–Crippen MR) is 119 cm³/mol. The summed E-state index contributed by atoms with van der Waals surface area (Å²) in [6.07, 6.45) is -0.602. The van der Waals surface area contributed by atoms with Crippen LogP contribution in [0, 0.1) is 17.0 Å². The average Bonchev–Trinajstić information content (AvgIpc) is 2.72. The lowest BCUT2D eigenvalue weighted by Gasteiger charge is -2.22. The third kappa shape index (κ3) is 6.69. The first kappa shape index (κ1) is 24.6. The molecule has 2 atom stereocenters. The van der Waals surface area contributed by atoms with Crippen molar-refractivity contribution in [1.82, 2.24) is 10.6 Å². The zero-order valence-electron chi connectivity index (χ0n) is 18.9. The Morgan fingerprint density at radius 1 is 1.06 bits per heavy atom. The largest absolute Gasteiger partial charge is 0.496 e. The normalized spacial score (nSPS) is 12.6. The second kappa shape index (κ2) is 11.1. The van der Waals surface area contributed by atoms with Gasteiger partial charge < -0.3 is 20.1 Å². The second-order valence-corrected chi connectivity index (χ2v) is 7.70. The fraction of sp³-hybridized carbons (Fsp3) is 0.391. The molecule has 0 aliphatic carbocycles. The maximum Gasteiger partial charge on any atom is 0.315 e. The topological polar surface area (TPSA) is 120 Å². The first-order chi connectivity index (χ1) is 15.1. The number of rotatable bonds is 9. The standard InChI is InChI=1S/C23H29N3O6/c1-14(2)32-22(27)13-19(17-8-6-7-9-20(17)26(29)30)25-23(28)24-16(4)18-12-15(3)10-11-21(18)31-5/h6-12,14,16,19H,13H2,1-5H3,(H2,24,25,28)/t16-,19+/m0/s1. The van der Waals surface area contributed by atoms with Crippen molar-refractivity contribution in [2.24, 2.45) is 0 Å². The lowest BCUT2D eigenvalue weighted by molar-refractivity contribution is -0.385. The molecular weight excluding hydrogens is 414 g/mol. The van der Waals surface area contributed by atoms with E-state index >= 15 is 0 Å². The molecule has 32 heavy (non-hydrogen) atoms. The van der Waals surface area contributed by atoms with E-state index in [9.17, 15) is 19.7 Å². The van der Waals surface area contributed by atoms with Gasteiger partial charge in [-0.05, 0) is 33.8 Å². The number of nitrogens with one attached hydrogen (secondary N) is 2. The lowest BCUT2D eigenvalue weighted by Crippen LogP contribution is -2.40. The van der Waals surface area contributed by atoms with Crippen LogP contribution in [-0.2, 0) is 9.53 Å². The molecule has 0 unspecified atom stereocenters.